The molecular formula is C52H88NO9P. The number of hydrogen-bond acceptors (Lipinski definition) is 9. The van der Waals surface area contributed by atoms with Crippen LogP contribution in [0.25, 0.3) is 0 Å². The van der Waals surface area contributed by atoms with Crippen molar-refractivity contribution in [2.24, 2.45) is 0 Å². The van der Waals surface area contributed by atoms with Gasteiger partial charge in [-0.25, -0.2) is 0 Å². The fourth-order valence-corrected chi connectivity index (χ4v) is 6.64. The zero-order valence-electron chi connectivity index (χ0n) is 40.1. The predicted octanol–water partition coefficient (Wildman–Crippen LogP) is 12.5. The average Bonchev–Trinajstić information content (AvgIpc) is 3.23. The van der Waals surface area contributed by atoms with Gasteiger partial charge in [-0.1, -0.05) is 169 Å². The summed E-state index contributed by atoms with van der Waals surface area (Å²) in [6.07, 6.45) is 53.5. The maximum absolute atomic E-state index is 12.7. The Kier molecular flexibility index (Phi) is 40.7. The molecule has 0 aromatic heterocycles. The van der Waals surface area contributed by atoms with Crippen LogP contribution < -0.4 is 4.89 Å². The molecule has 11 heteroatoms. The van der Waals surface area contributed by atoms with Crippen LogP contribution in [0.5, 0.6) is 0 Å². The maximum atomic E-state index is 12.7. The Morgan fingerprint density at radius 3 is 1.73 bits per heavy atom. The van der Waals surface area contributed by atoms with Gasteiger partial charge in [0.15, 0.2) is 6.10 Å². The van der Waals surface area contributed by atoms with Gasteiger partial charge in [0.25, 0.3) is 7.82 Å². The number of rotatable bonds is 42. The standard InChI is InChI=1S/C52H88NO9P/c1-6-8-10-11-12-13-14-15-16-17-18-19-20-23-26-29-32-35-39-43-51(55)59-47-50(48-61-63(57,58)60-46-45-53(3,4)5)62-52(56)44-40-36-33-30-27-24-21-22-25-28-31-34-38-42-49(54)41-37-9-7-2/h9,12-13,15-16,22,24-25,27,31,33-34,36-38,42,49-50,54H,6-8,10-11,14,17-21,23,26,28-30,32,35,39-41,43-48H2,1-5H3/b13-12-,16-15-,25-22-,27-24-,34-31+,36-33-,37-9-,42-38+/t49?,50-/m1/s1. The van der Waals surface area contributed by atoms with Crippen LogP contribution in [0.3, 0.4) is 0 Å². The summed E-state index contributed by atoms with van der Waals surface area (Å²) in [6.45, 7) is 3.88. The number of phosphoric acid groups is 1. The number of allylic oxidation sites excluding steroid dienone is 14. The highest BCUT2D eigenvalue weighted by molar-refractivity contribution is 7.45. The summed E-state index contributed by atoms with van der Waals surface area (Å²) in [4.78, 5) is 37.6. The van der Waals surface area contributed by atoms with Crippen molar-refractivity contribution in [3.05, 3.63) is 97.2 Å². The Morgan fingerprint density at radius 2 is 1.14 bits per heavy atom. The topological polar surface area (TPSA) is 131 Å². The lowest BCUT2D eigenvalue weighted by Gasteiger charge is -2.28. The van der Waals surface area contributed by atoms with Crippen LogP contribution in [0.2, 0.25) is 0 Å². The van der Waals surface area contributed by atoms with E-state index in [1.165, 1.54) is 57.8 Å². The lowest BCUT2D eigenvalue weighted by Crippen LogP contribution is -2.37. The van der Waals surface area contributed by atoms with Gasteiger partial charge in [0.2, 0.25) is 0 Å². The van der Waals surface area contributed by atoms with Crippen molar-refractivity contribution >= 4 is 19.8 Å². The molecule has 2 unspecified atom stereocenters. The van der Waals surface area contributed by atoms with Crippen LogP contribution in [0.4, 0.5) is 0 Å². The summed E-state index contributed by atoms with van der Waals surface area (Å²) < 4.78 is 33.8. The minimum absolute atomic E-state index is 0.0574. The Morgan fingerprint density at radius 1 is 0.603 bits per heavy atom. The SMILES string of the molecule is CC/C=C\CC(O)/C=C/C=C/C/C=C\C/C=C\C/C=C\CCC(=O)O[C@H](COC(=O)CCCCCCCCCCC/C=C\C/C=C\CCCCC)COP(=O)([O-])OCC[N+](C)(C)C. The molecule has 0 aromatic rings. The van der Waals surface area contributed by atoms with Gasteiger partial charge >= 0.3 is 11.9 Å². The second kappa shape index (κ2) is 42.8. The monoisotopic (exact) mass is 902 g/mol. The lowest BCUT2D eigenvalue weighted by atomic mass is 10.1. The second-order valence-corrected chi connectivity index (χ2v) is 18.3. The molecule has 0 bridgehead atoms. The van der Waals surface area contributed by atoms with Gasteiger partial charge in [0, 0.05) is 12.8 Å². The van der Waals surface area contributed by atoms with E-state index in [0.717, 1.165) is 57.8 Å². The third-order valence-electron chi connectivity index (χ3n) is 9.68. The quantitative estimate of drug-likeness (QED) is 0.0159. The molecular weight excluding hydrogens is 814 g/mol. The molecule has 0 heterocycles. The first-order chi connectivity index (χ1) is 30.4. The van der Waals surface area contributed by atoms with E-state index in [-0.39, 0.29) is 26.1 Å². The first-order valence-corrected chi connectivity index (χ1v) is 25.5. The van der Waals surface area contributed by atoms with Crippen molar-refractivity contribution in [1.82, 2.24) is 0 Å². The van der Waals surface area contributed by atoms with Gasteiger partial charge in [0.05, 0.1) is 33.9 Å². The van der Waals surface area contributed by atoms with Gasteiger partial charge in [-0.15, -0.1) is 0 Å². The molecule has 1 N–H and O–H groups in total. The third kappa shape index (κ3) is 46.7. The summed E-state index contributed by atoms with van der Waals surface area (Å²) in [7, 11) is 1.08. The molecule has 0 fully saturated rings. The highest BCUT2D eigenvalue weighted by Crippen LogP contribution is 2.38. The number of carbonyl (C=O) groups is 2. The Hall–Kier alpha value is -3.11. The van der Waals surface area contributed by atoms with E-state index >= 15 is 0 Å². The largest absolute Gasteiger partial charge is 0.756 e. The van der Waals surface area contributed by atoms with E-state index < -0.39 is 38.6 Å². The van der Waals surface area contributed by atoms with E-state index in [1.54, 1.807) is 6.08 Å². The number of ether oxygens (including phenoxy) is 2. The van der Waals surface area contributed by atoms with Crippen molar-refractivity contribution < 1.29 is 47.2 Å². The van der Waals surface area contributed by atoms with E-state index in [9.17, 15) is 24.2 Å². The van der Waals surface area contributed by atoms with Gasteiger partial charge in [-0.05, 0) is 77.0 Å². The Balaban J connectivity index is 4.48. The maximum Gasteiger partial charge on any atom is 0.306 e. The number of hydrogen-bond donors (Lipinski definition) is 1. The van der Waals surface area contributed by atoms with Gasteiger partial charge < -0.3 is 33.0 Å². The van der Waals surface area contributed by atoms with Gasteiger partial charge in [-0.2, -0.15) is 0 Å². The van der Waals surface area contributed by atoms with Crippen LogP contribution in [0, 0.1) is 0 Å². The molecule has 0 aliphatic rings. The van der Waals surface area contributed by atoms with Crippen molar-refractivity contribution in [2.45, 2.75) is 174 Å². The van der Waals surface area contributed by atoms with Crippen molar-refractivity contribution in [1.29, 1.82) is 0 Å². The van der Waals surface area contributed by atoms with E-state index in [0.29, 0.717) is 30.3 Å². The van der Waals surface area contributed by atoms with Crippen molar-refractivity contribution in [3.63, 3.8) is 0 Å². The Labute approximate surface area is 384 Å². The molecule has 0 spiro atoms. The summed E-state index contributed by atoms with van der Waals surface area (Å²) in [6, 6.07) is 0. The van der Waals surface area contributed by atoms with Gasteiger partial charge in [0.1, 0.15) is 19.8 Å². The molecule has 0 amide bonds. The zero-order chi connectivity index (χ0) is 46.5. The molecule has 0 saturated heterocycles. The molecule has 0 aliphatic heterocycles. The fraction of sp³-hybridized carbons (Fsp3) is 0.654. The van der Waals surface area contributed by atoms with E-state index in [1.807, 2.05) is 63.7 Å². The summed E-state index contributed by atoms with van der Waals surface area (Å²) in [5.41, 5.74) is 0. The number of carbonyl (C=O) groups excluding carboxylic acids is 2. The number of aliphatic hydroxyl groups excluding tert-OH is 1. The number of nitrogens with zero attached hydrogens (tertiary/aromatic N) is 1. The average molecular weight is 902 g/mol. The first-order valence-electron chi connectivity index (χ1n) is 24.1. The third-order valence-corrected chi connectivity index (χ3v) is 10.6. The predicted molar refractivity (Wildman–Crippen MR) is 260 cm³/mol. The second-order valence-electron chi connectivity index (χ2n) is 16.9. The van der Waals surface area contributed by atoms with E-state index in [2.05, 4.69) is 62.5 Å². The fourth-order valence-electron chi connectivity index (χ4n) is 5.91. The minimum Gasteiger partial charge on any atom is -0.756 e. The molecule has 63 heavy (non-hydrogen) atoms. The summed E-state index contributed by atoms with van der Waals surface area (Å²) >= 11 is 0. The van der Waals surface area contributed by atoms with Crippen molar-refractivity contribution in [3.8, 4) is 0 Å². The number of unbranched alkanes of at least 4 members (excludes halogenated alkanes) is 12. The van der Waals surface area contributed by atoms with Crippen LogP contribution in [0.15, 0.2) is 97.2 Å². The van der Waals surface area contributed by atoms with Gasteiger partial charge in [-0.3, -0.25) is 14.2 Å². The molecule has 0 aliphatic carbocycles. The summed E-state index contributed by atoms with van der Waals surface area (Å²) in [5, 5.41) is 9.86. The number of phosphoric ester groups is 1. The zero-order valence-corrected chi connectivity index (χ0v) is 41.0. The minimum atomic E-state index is -4.67. The molecule has 0 saturated carbocycles. The first kappa shape index (κ1) is 59.9. The number of likely N-dealkylation sites (N-methyl/N-ethyl adjacent to an activating group) is 1. The number of esters is 2. The molecule has 0 radical (unpaired) electrons. The van der Waals surface area contributed by atoms with Crippen LogP contribution in [-0.4, -0.2) is 81.2 Å². The Bertz CT molecular complexity index is 1410. The highest BCUT2D eigenvalue weighted by Gasteiger charge is 2.21. The van der Waals surface area contributed by atoms with Crippen molar-refractivity contribution in [2.75, 3.05) is 47.5 Å². The molecule has 360 valence electrons. The smallest absolute Gasteiger partial charge is 0.306 e. The molecule has 3 atom stereocenters. The summed E-state index contributed by atoms with van der Waals surface area (Å²) in [5.74, 6) is -0.966. The van der Waals surface area contributed by atoms with Crippen LogP contribution in [-0.2, 0) is 32.7 Å². The molecule has 0 rings (SSSR count). The highest BCUT2D eigenvalue weighted by atomic mass is 31.2. The number of aliphatic hydroxyl groups is 1. The molecule has 0 aromatic carbocycles. The normalized spacial score (nSPS) is 14.8. The van der Waals surface area contributed by atoms with Crippen LogP contribution >= 0.6 is 7.82 Å². The molecule has 10 nitrogen and oxygen atoms in total. The van der Waals surface area contributed by atoms with E-state index in [4.69, 9.17) is 18.5 Å². The van der Waals surface area contributed by atoms with Crippen LogP contribution in [0.1, 0.15) is 162 Å². The number of quaternary nitrogens is 1. The lowest BCUT2D eigenvalue weighted by molar-refractivity contribution is -0.870.